The fourth-order valence-electron chi connectivity index (χ4n) is 3.24. The van der Waals surface area contributed by atoms with Gasteiger partial charge in [0.25, 0.3) is 0 Å². The van der Waals surface area contributed by atoms with Crippen molar-refractivity contribution < 1.29 is 19.5 Å². The molecule has 6 nitrogen and oxygen atoms in total. The molecule has 0 saturated carbocycles. The van der Waals surface area contributed by atoms with Crippen LogP contribution >= 0.6 is 0 Å². The summed E-state index contributed by atoms with van der Waals surface area (Å²) in [6.45, 7) is 0. The predicted octanol–water partition coefficient (Wildman–Crippen LogP) is 1.63. The Morgan fingerprint density at radius 3 is 2.00 bits per heavy atom. The monoisotopic (exact) mass is 338 g/mol. The van der Waals surface area contributed by atoms with E-state index in [1.54, 1.807) is 0 Å². The van der Waals surface area contributed by atoms with Gasteiger partial charge in [0, 0.05) is 6.42 Å². The molecule has 2 amide bonds. The first kappa shape index (κ1) is 16.7. The van der Waals surface area contributed by atoms with Crippen LogP contribution in [-0.2, 0) is 14.4 Å². The highest BCUT2D eigenvalue weighted by Crippen LogP contribution is 2.44. The van der Waals surface area contributed by atoms with E-state index in [9.17, 15) is 19.5 Å². The molecule has 0 fully saturated rings. The lowest BCUT2D eigenvalue weighted by atomic mass is 9.95. The highest BCUT2D eigenvalue weighted by atomic mass is 16.4. The Morgan fingerprint density at radius 1 is 1.00 bits per heavy atom. The van der Waals surface area contributed by atoms with Crippen molar-refractivity contribution in [3.05, 3.63) is 59.7 Å². The number of nitrogens with one attached hydrogen (secondary N) is 1. The van der Waals surface area contributed by atoms with Crippen molar-refractivity contribution in [2.45, 2.75) is 24.8 Å². The van der Waals surface area contributed by atoms with Crippen molar-refractivity contribution in [3.8, 4) is 11.1 Å². The van der Waals surface area contributed by atoms with Crippen molar-refractivity contribution in [1.29, 1.82) is 0 Å². The summed E-state index contributed by atoms with van der Waals surface area (Å²) in [4.78, 5) is 35.1. The average Bonchev–Trinajstić information content (AvgIpc) is 2.92. The van der Waals surface area contributed by atoms with Crippen LogP contribution in [0.3, 0.4) is 0 Å². The molecule has 2 aromatic rings. The van der Waals surface area contributed by atoms with Crippen LogP contribution in [0.2, 0.25) is 0 Å². The quantitative estimate of drug-likeness (QED) is 0.743. The van der Waals surface area contributed by atoms with Gasteiger partial charge >= 0.3 is 5.97 Å². The molecule has 2 aromatic carbocycles. The first-order chi connectivity index (χ1) is 12.0. The molecule has 0 spiro atoms. The number of benzene rings is 2. The van der Waals surface area contributed by atoms with Crippen LogP contribution in [0, 0.1) is 0 Å². The number of fused-ring (bicyclic) bond motifs is 3. The summed E-state index contributed by atoms with van der Waals surface area (Å²) in [5.74, 6) is -2.75. The summed E-state index contributed by atoms with van der Waals surface area (Å²) in [6, 6.07) is 14.0. The van der Waals surface area contributed by atoms with Gasteiger partial charge in [0.2, 0.25) is 11.8 Å². The minimum Gasteiger partial charge on any atom is -0.480 e. The average molecular weight is 338 g/mol. The molecule has 1 aliphatic carbocycles. The molecule has 4 N–H and O–H groups in total. The van der Waals surface area contributed by atoms with Gasteiger partial charge in [0.05, 0.1) is 5.92 Å². The third kappa shape index (κ3) is 3.24. The smallest absolute Gasteiger partial charge is 0.326 e. The van der Waals surface area contributed by atoms with Crippen molar-refractivity contribution in [2.24, 2.45) is 5.73 Å². The van der Waals surface area contributed by atoms with Crippen LogP contribution in [0.25, 0.3) is 11.1 Å². The maximum absolute atomic E-state index is 12.8. The fraction of sp³-hybridized carbons (Fsp3) is 0.211. The van der Waals surface area contributed by atoms with Gasteiger partial charge in [-0.15, -0.1) is 0 Å². The minimum absolute atomic E-state index is 0.0353. The minimum atomic E-state index is -1.19. The fourth-order valence-corrected chi connectivity index (χ4v) is 3.24. The molecule has 0 radical (unpaired) electrons. The van der Waals surface area contributed by atoms with Crippen LogP contribution in [0.5, 0.6) is 0 Å². The number of carboxylic acid groups (broad SMARTS) is 1. The number of carbonyl (C=O) groups excluding carboxylic acids is 2. The highest BCUT2D eigenvalue weighted by Gasteiger charge is 2.35. The number of carbonyl (C=O) groups is 3. The van der Waals surface area contributed by atoms with E-state index in [0.717, 1.165) is 22.3 Å². The molecule has 0 heterocycles. The Bertz CT molecular complexity index is 801. The molecule has 25 heavy (non-hydrogen) atoms. The first-order valence-corrected chi connectivity index (χ1v) is 7.98. The van der Waals surface area contributed by atoms with Crippen molar-refractivity contribution in [2.75, 3.05) is 0 Å². The van der Waals surface area contributed by atoms with Crippen LogP contribution < -0.4 is 11.1 Å². The Morgan fingerprint density at radius 2 is 1.52 bits per heavy atom. The number of carboxylic acids is 1. The summed E-state index contributed by atoms with van der Waals surface area (Å²) in [7, 11) is 0. The SMILES string of the molecule is NC(=O)CC[C@H](NC(=O)C1c2ccccc2-c2ccccc21)C(=O)O. The third-order valence-corrected chi connectivity index (χ3v) is 4.39. The first-order valence-electron chi connectivity index (χ1n) is 7.98. The Balaban J connectivity index is 1.89. The van der Waals surface area contributed by atoms with Gasteiger partial charge in [0.1, 0.15) is 6.04 Å². The number of amides is 2. The molecule has 3 rings (SSSR count). The maximum atomic E-state index is 12.8. The lowest BCUT2D eigenvalue weighted by Gasteiger charge is -2.18. The molecule has 0 saturated heterocycles. The third-order valence-electron chi connectivity index (χ3n) is 4.39. The second-order valence-corrected chi connectivity index (χ2v) is 6.01. The summed E-state index contributed by atoms with van der Waals surface area (Å²) in [5, 5.41) is 11.9. The van der Waals surface area contributed by atoms with E-state index >= 15 is 0 Å². The van der Waals surface area contributed by atoms with E-state index in [0.29, 0.717) is 0 Å². The summed E-state index contributed by atoms with van der Waals surface area (Å²) < 4.78 is 0. The Kier molecular flexibility index (Phi) is 4.52. The molecule has 0 aliphatic heterocycles. The summed E-state index contributed by atoms with van der Waals surface area (Å²) in [6.07, 6.45) is -0.137. The van der Waals surface area contributed by atoms with Gasteiger partial charge in [-0.3, -0.25) is 9.59 Å². The standard InChI is InChI=1S/C19H18N2O4/c20-16(22)10-9-15(19(24)25)21-18(23)17-13-7-3-1-5-11(13)12-6-2-4-8-14(12)17/h1-8,15,17H,9-10H2,(H2,20,22)(H,21,23)(H,24,25)/t15-/m0/s1. The van der Waals surface area contributed by atoms with E-state index in [1.165, 1.54) is 0 Å². The van der Waals surface area contributed by atoms with Crippen molar-refractivity contribution >= 4 is 17.8 Å². The van der Waals surface area contributed by atoms with E-state index in [1.807, 2.05) is 48.5 Å². The number of hydrogen-bond donors (Lipinski definition) is 3. The van der Waals surface area contributed by atoms with Gasteiger partial charge in [-0.05, 0) is 28.7 Å². The van der Waals surface area contributed by atoms with E-state index < -0.39 is 29.7 Å². The Labute approximate surface area is 144 Å². The lowest BCUT2D eigenvalue weighted by molar-refractivity contribution is -0.142. The molecular formula is C19H18N2O4. The van der Waals surface area contributed by atoms with Gasteiger partial charge in [0.15, 0.2) is 0 Å². The van der Waals surface area contributed by atoms with Crippen LogP contribution in [-0.4, -0.2) is 28.9 Å². The summed E-state index contributed by atoms with van der Waals surface area (Å²) >= 11 is 0. The van der Waals surface area contributed by atoms with Gasteiger partial charge in [-0.25, -0.2) is 4.79 Å². The molecule has 1 aliphatic rings. The molecule has 0 unspecified atom stereocenters. The van der Waals surface area contributed by atoms with E-state index in [2.05, 4.69) is 5.32 Å². The second-order valence-electron chi connectivity index (χ2n) is 6.01. The number of aliphatic carboxylic acids is 1. The topological polar surface area (TPSA) is 109 Å². The molecule has 0 aromatic heterocycles. The van der Waals surface area contributed by atoms with Gasteiger partial charge < -0.3 is 16.2 Å². The normalized spacial score (nSPS) is 13.6. The molecule has 0 bridgehead atoms. The number of rotatable bonds is 6. The van der Waals surface area contributed by atoms with Gasteiger partial charge in [-0.1, -0.05) is 48.5 Å². The molecular weight excluding hydrogens is 320 g/mol. The Hall–Kier alpha value is -3.15. The van der Waals surface area contributed by atoms with Crippen molar-refractivity contribution in [1.82, 2.24) is 5.32 Å². The zero-order chi connectivity index (χ0) is 18.0. The van der Waals surface area contributed by atoms with E-state index in [4.69, 9.17) is 5.73 Å². The van der Waals surface area contributed by atoms with Gasteiger partial charge in [-0.2, -0.15) is 0 Å². The zero-order valence-corrected chi connectivity index (χ0v) is 13.4. The number of primary amides is 1. The molecule has 6 heteroatoms. The zero-order valence-electron chi connectivity index (χ0n) is 13.4. The highest BCUT2D eigenvalue weighted by molar-refractivity contribution is 5.97. The predicted molar refractivity (Wildman–Crippen MR) is 91.7 cm³/mol. The maximum Gasteiger partial charge on any atom is 0.326 e. The van der Waals surface area contributed by atoms with Crippen molar-refractivity contribution in [3.63, 3.8) is 0 Å². The molecule has 1 atom stereocenters. The number of hydrogen-bond acceptors (Lipinski definition) is 3. The summed E-state index contributed by atoms with van der Waals surface area (Å²) in [5.41, 5.74) is 8.72. The van der Waals surface area contributed by atoms with Crippen LogP contribution in [0.4, 0.5) is 0 Å². The van der Waals surface area contributed by atoms with E-state index in [-0.39, 0.29) is 12.8 Å². The molecule has 128 valence electrons. The number of nitrogens with two attached hydrogens (primary N) is 1. The lowest BCUT2D eigenvalue weighted by Crippen LogP contribution is -2.43. The second kappa shape index (κ2) is 6.76. The van der Waals surface area contributed by atoms with Crippen LogP contribution in [0.1, 0.15) is 29.9 Å². The largest absolute Gasteiger partial charge is 0.480 e. The van der Waals surface area contributed by atoms with Crippen LogP contribution in [0.15, 0.2) is 48.5 Å².